The smallest absolute Gasteiger partial charge is 0.369 e. The Morgan fingerprint density at radius 3 is 2.00 bits per heavy atom. The summed E-state index contributed by atoms with van der Waals surface area (Å²) in [6.45, 7) is 4.15. The fourth-order valence-electron chi connectivity index (χ4n) is 4.50. The normalized spacial score (nSPS) is 24.1. The second-order valence-corrected chi connectivity index (χ2v) is 9.65. The summed E-state index contributed by atoms with van der Waals surface area (Å²) >= 11 is 0. The molecule has 1 fully saturated rings. The zero-order chi connectivity index (χ0) is 33.2. The Balaban J connectivity index is 2.77. The van der Waals surface area contributed by atoms with Crippen LogP contribution in [-0.4, -0.2) is 104 Å². The molecule has 0 saturated carbocycles. The van der Waals surface area contributed by atoms with E-state index in [1.54, 1.807) is 24.3 Å². The molecular formula is C28H37NO15. The number of rotatable bonds is 13. The molecule has 0 aliphatic carbocycles. The number of ether oxygens (including phenoxy) is 8. The molecule has 2 N–H and O–H groups in total. The molecule has 1 aromatic carbocycles. The molecule has 1 amide bonds. The standard InChI is InChI=1S/C28H37NO15/c1-14(30)29-22-24(23(42-17(4)33)21(41-16(3)32)13-39-15(2)31)44-28(27(36)38-7,26(35)25(22)43-18(5)34)40-12-19-8-10-20(37-6)11-9-19/h8-11,21-26,35H,12-13H2,1-7H3,(H,29,30)/t21-,22+,23-,24-,25-,26+,28-/m1/s1. The molecule has 0 unspecified atom stereocenters. The third-order valence-electron chi connectivity index (χ3n) is 6.23. The molecule has 0 radical (unpaired) electrons. The quantitative estimate of drug-likeness (QED) is 0.213. The fourth-order valence-corrected chi connectivity index (χ4v) is 4.50. The van der Waals surface area contributed by atoms with Gasteiger partial charge in [0.05, 0.1) is 26.9 Å². The highest BCUT2D eigenvalue weighted by molar-refractivity contribution is 5.80. The number of methoxy groups -OCH3 is 2. The number of benzene rings is 1. The minimum Gasteiger partial charge on any atom is -0.497 e. The number of aliphatic hydroxyl groups excluding tert-OH is 1. The Morgan fingerprint density at radius 2 is 1.52 bits per heavy atom. The predicted octanol–water partition coefficient (Wildman–Crippen LogP) is -0.296. The maximum absolute atomic E-state index is 13.4. The molecule has 1 saturated heterocycles. The summed E-state index contributed by atoms with van der Waals surface area (Å²) in [7, 11) is 2.44. The first-order valence-electron chi connectivity index (χ1n) is 13.3. The molecule has 1 aromatic rings. The van der Waals surface area contributed by atoms with Crippen molar-refractivity contribution in [2.24, 2.45) is 0 Å². The Labute approximate surface area is 253 Å². The molecule has 0 aromatic heterocycles. The second kappa shape index (κ2) is 16.0. The van der Waals surface area contributed by atoms with E-state index < -0.39 is 84.7 Å². The summed E-state index contributed by atoms with van der Waals surface area (Å²) in [5.41, 5.74) is 0.471. The van der Waals surface area contributed by atoms with E-state index in [9.17, 15) is 33.9 Å². The van der Waals surface area contributed by atoms with Crippen LogP contribution in [0.25, 0.3) is 0 Å². The van der Waals surface area contributed by atoms with Crippen LogP contribution in [0.1, 0.15) is 40.2 Å². The number of carbonyl (C=O) groups is 6. The summed E-state index contributed by atoms with van der Waals surface area (Å²) in [5.74, 6) is -7.85. The van der Waals surface area contributed by atoms with Gasteiger partial charge in [-0.25, -0.2) is 4.79 Å². The molecule has 1 heterocycles. The third kappa shape index (κ3) is 9.36. The van der Waals surface area contributed by atoms with Gasteiger partial charge in [0.1, 0.15) is 18.5 Å². The Hall–Kier alpha value is -4.28. The molecule has 1 aliphatic rings. The largest absolute Gasteiger partial charge is 0.497 e. The molecule has 7 atom stereocenters. The lowest BCUT2D eigenvalue weighted by Crippen LogP contribution is -2.75. The monoisotopic (exact) mass is 627 g/mol. The fraction of sp³-hybridized carbons (Fsp3) is 0.571. The van der Waals surface area contributed by atoms with Crippen molar-refractivity contribution in [3.63, 3.8) is 0 Å². The van der Waals surface area contributed by atoms with Gasteiger partial charge in [0.2, 0.25) is 5.91 Å². The van der Waals surface area contributed by atoms with E-state index in [4.69, 9.17) is 37.9 Å². The minimum absolute atomic E-state index is 0.389. The van der Waals surface area contributed by atoms with Crippen molar-refractivity contribution in [2.45, 2.75) is 83.6 Å². The SMILES string of the molecule is COC(=O)[C@]1(OCc2ccc(OC)cc2)O[C@@H]([C@H](OC(C)=O)[C@@H](COC(C)=O)OC(C)=O)[C@H](NC(C)=O)[C@@H](OC(C)=O)[C@@H]1O. The van der Waals surface area contributed by atoms with Crippen molar-refractivity contribution in [3.05, 3.63) is 29.8 Å². The lowest BCUT2D eigenvalue weighted by molar-refractivity contribution is -0.352. The molecule has 2 rings (SSSR count). The van der Waals surface area contributed by atoms with Gasteiger partial charge in [-0.3, -0.25) is 24.0 Å². The average molecular weight is 628 g/mol. The van der Waals surface area contributed by atoms with Gasteiger partial charge >= 0.3 is 35.6 Å². The highest BCUT2D eigenvalue weighted by Crippen LogP contribution is 2.38. The van der Waals surface area contributed by atoms with Crippen LogP contribution < -0.4 is 10.1 Å². The van der Waals surface area contributed by atoms with Crippen molar-refractivity contribution < 1.29 is 71.8 Å². The van der Waals surface area contributed by atoms with Crippen molar-refractivity contribution in [1.82, 2.24) is 5.32 Å². The molecule has 16 heteroatoms. The van der Waals surface area contributed by atoms with E-state index in [0.717, 1.165) is 41.7 Å². The lowest BCUT2D eigenvalue weighted by Gasteiger charge is -2.50. The maximum Gasteiger partial charge on any atom is 0.369 e. The molecular weight excluding hydrogens is 590 g/mol. The number of nitrogens with one attached hydrogen (secondary N) is 1. The molecule has 0 spiro atoms. The van der Waals surface area contributed by atoms with Crippen LogP contribution in [0.5, 0.6) is 5.75 Å². The zero-order valence-corrected chi connectivity index (χ0v) is 25.4. The number of esters is 5. The van der Waals surface area contributed by atoms with Crippen LogP contribution in [0.3, 0.4) is 0 Å². The summed E-state index contributed by atoms with van der Waals surface area (Å²) in [6, 6.07) is 4.84. The summed E-state index contributed by atoms with van der Waals surface area (Å²) < 4.78 is 43.1. The van der Waals surface area contributed by atoms with E-state index in [0.29, 0.717) is 11.3 Å². The van der Waals surface area contributed by atoms with Crippen LogP contribution in [0.4, 0.5) is 0 Å². The van der Waals surface area contributed by atoms with Crippen LogP contribution in [0, 0.1) is 0 Å². The first-order chi connectivity index (χ1) is 20.6. The third-order valence-corrected chi connectivity index (χ3v) is 6.23. The predicted molar refractivity (Wildman–Crippen MR) is 144 cm³/mol. The zero-order valence-electron chi connectivity index (χ0n) is 25.4. The van der Waals surface area contributed by atoms with E-state index in [-0.39, 0.29) is 6.61 Å². The molecule has 44 heavy (non-hydrogen) atoms. The van der Waals surface area contributed by atoms with Gasteiger partial charge in [0, 0.05) is 34.6 Å². The van der Waals surface area contributed by atoms with E-state index >= 15 is 0 Å². The first-order valence-corrected chi connectivity index (χ1v) is 13.3. The first kappa shape index (κ1) is 35.9. The average Bonchev–Trinajstić information content (AvgIpc) is 2.95. The Bertz CT molecular complexity index is 1200. The van der Waals surface area contributed by atoms with Gasteiger partial charge in [-0.05, 0) is 17.7 Å². The molecule has 1 aliphatic heterocycles. The maximum atomic E-state index is 13.4. The van der Waals surface area contributed by atoms with E-state index in [2.05, 4.69) is 5.32 Å². The van der Waals surface area contributed by atoms with Crippen molar-refractivity contribution in [2.75, 3.05) is 20.8 Å². The van der Waals surface area contributed by atoms with E-state index in [1.165, 1.54) is 7.11 Å². The number of hydrogen-bond donors (Lipinski definition) is 2. The minimum atomic E-state index is -2.78. The summed E-state index contributed by atoms with van der Waals surface area (Å²) in [5, 5.41) is 14.0. The molecule has 244 valence electrons. The summed E-state index contributed by atoms with van der Waals surface area (Å²) in [6.07, 6.45) is -9.07. The van der Waals surface area contributed by atoms with Crippen LogP contribution in [0.15, 0.2) is 24.3 Å². The lowest BCUT2D eigenvalue weighted by atomic mass is 9.86. The van der Waals surface area contributed by atoms with Gasteiger partial charge in [-0.2, -0.15) is 0 Å². The van der Waals surface area contributed by atoms with Gasteiger partial charge in [-0.1, -0.05) is 12.1 Å². The highest BCUT2D eigenvalue weighted by Gasteiger charge is 2.65. The number of amides is 1. The Kier molecular flexibility index (Phi) is 13.0. The van der Waals surface area contributed by atoms with E-state index in [1.807, 2.05) is 0 Å². The summed E-state index contributed by atoms with van der Waals surface area (Å²) in [4.78, 5) is 73.9. The highest BCUT2D eigenvalue weighted by atomic mass is 16.8. The van der Waals surface area contributed by atoms with Crippen molar-refractivity contribution >= 4 is 35.8 Å². The topological polar surface area (TPSA) is 209 Å². The van der Waals surface area contributed by atoms with Crippen molar-refractivity contribution in [1.29, 1.82) is 0 Å². The van der Waals surface area contributed by atoms with Gasteiger partial charge in [-0.15, -0.1) is 0 Å². The van der Waals surface area contributed by atoms with Gasteiger partial charge in [0.15, 0.2) is 24.4 Å². The molecule has 16 nitrogen and oxygen atoms in total. The second-order valence-electron chi connectivity index (χ2n) is 9.65. The van der Waals surface area contributed by atoms with Gasteiger partial charge in [0.25, 0.3) is 0 Å². The number of hydrogen-bond acceptors (Lipinski definition) is 15. The number of carbonyl (C=O) groups excluding carboxylic acids is 6. The van der Waals surface area contributed by atoms with Crippen LogP contribution >= 0.6 is 0 Å². The molecule has 0 bridgehead atoms. The Morgan fingerprint density at radius 1 is 0.909 bits per heavy atom. The van der Waals surface area contributed by atoms with Gasteiger partial charge < -0.3 is 48.3 Å². The van der Waals surface area contributed by atoms with Crippen LogP contribution in [-0.2, 0) is 68.5 Å². The number of aliphatic hydroxyl groups is 1. The van der Waals surface area contributed by atoms with Crippen LogP contribution in [0.2, 0.25) is 0 Å². The van der Waals surface area contributed by atoms with Crippen molar-refractivity contribution in [3.8, 4) is 5.75 Å².